The molecule has 0 fully saturated rings. The Bertz CT molecular complexity index is 6600. The second-order valence-electron chi connectivity index (χ2n) is 33.7. The fraction of sp³-hybridized carbons (Fsp3) is 0.0667. The van der Waals surface area contributed by atoms with Crippen molar-refractivity contribution >= 4 is 104 Å². The Balaban J connectivity index is 1.09. The lowest BCUT2D eigenvalue weighted by Crippen LogP contribution is -2.40. The molecule has 0 aromatic heterocycles. The van der Waals surface area contributed by atoms with Gasteiger partial charge in [0.05, 0.1) is 45.5 Å². The van der Waals surface area contributed by atoms with Crippen LogP contribution in [0.4, 0.5) is 45.5 Å². The Morgan fingerprint density at radius 3 is 0.558 bits per heavy atom. The zero-order chi connectivity index (χ0) is 86.2. The summed E-state index contributed by atoms with van der Waals surface area (Å²) in [6.45, 7) is 5.77. The quantitative estimate of drug-likeness (QED) is 0.0451. The first-order chi connectivity index (χ1) is 63.8. The minimum absolute atomic E-state index is 0.543. The van der Waals surface area contributed by atoms with Gasteiger partial charge in [0.1, 0.15) is 0 Å². The van der Waals surface area contributed by atoms with Crippen molar-refractivity contribution in [3.8, 4) is 111 Å². The molecule has 0 aliphatic carbocycles. The number of benzene rings is 20. The van der Waals surface area contributed by atoms with Crippen molar-refractivity contribution in [3.05, 3.63) is 461 Å². The molecule has 0 saturated carbocycles. The Morgan fingerprint density at radius 1 is 0.194 bits per heavy atom. The normalized spacial score (nSPS) is 13.2. The predicted molar refractivity (Wildman–Crippen MR) is 553 cm³/mol. The van der Waals surface area contributed by atoms with Gasteiger partial charge in [-0.05, 0) is 246 Å². The fourth-order valence-corrected chi connectivity index (χ4v) is 28.2. The maximum atomic E-state index is 8.19. The predicted octanol–water partition coefficient (Wildman–Crippen LogP) is 34.0. The van der Waals surface area contributed by atoms with Crippen LogP contribution in [-0.4, -0.2) is 13.1 Å². The van der Waals surface area contributed by atoms with Crippen LogP contribution in [0.5, 0.6) is 0 Å². The molecule has 20 aromatic carbocycles. The molecule has 9 heteroatoms. The topological polar surface area (TPSA) is 51.1 Å². The highest BCUT2D eigenvalue weighted by atomic mass is 31.2. The smallest absolute Gasteiger partial charge is 0.231 e. The van der Waals surface area contributed by atoms with E-state index in [-0.39, 0.29) is 0 Å². The van der Waals surface area contributed by atoms with Crippen LogP contribution in [0.15, 0.2) is 461 Å². The molecule has 620 valence electrons. The summed E-state index contributed by atoms with van der Waals surface area (Å²) >= 11 is 0. The maximum Gasteiger partial charge on any atom is 0.490 e. The Morgan fingerprint density at radius 2 is 0.372 bits per heavy atom. The molecule has 2 aliphatic rings. The standard InChI is InChI=1S/C120H95N7P2/c1-3-5-71-121-128(124(105-77-97(85-39-15-7-16-40-85)73-98(78-105)86-41-17-8-18-42-86)113-67-63-93-55-31-35-59-109(93)117(113)118-110-60-36-32-56-94(110)64-68-114(118)125(128)106-79-99(87-43-19-9-20-44-87)74-100(80-106)88-45-21-10-22-46-88)123-129(122-72-6-4-2)126(107-81-101(89-47-23-11-24-48-89)75-102(82-107)90-49-25-12-26-50-90)115-69-65-95-57-33-37-61-111(95)119(115)120-112-62-38-34-58-96(112)66-70-116(120)127(129)108-83-103(91-51-27-13-28-52-91)76-104(84-108)92-53-29-14-30-54-92/h7-70,73-84H,3-6,71-72H2,1-2H3,(H,121,122,123)/p+1. The Kier molecular flexibility index (Phi) is 21.6. The molecule has 0 unspecified atom stereocenters. The van der Waals surface area contributed by atoms with Crippen LogP contribution in [0.2, 0.25) is 0 Å². The average molecular weight is 1700 g/mol. The molecule has 0 radical (unpaired) electrons. The van der Waals surface area contributed by atoms with Crippen LogP contribution >= 0.6 is 15.0 Å². The number of nitrogens with zero attached hydrogens (tertiary/aromatic N) is 5. The van der Waals surface area contributed by atoms with Crippen LogP contribution in [0, 0.1) is 0 Å². The van der Waals surface area contributed by atoms with Crippen molar-refractivity contribution in [1.29, 1.82) is 0 Å². The molecule has 2 N–H and O–H groups in total. The molecule has 0 amide bonds. The van der Waals surface area contributed by atoms with Gasteiger partial charge < -0.3 is 0 Å². The van der Waals surface area contributed by atoms with Gasteiger partial charge >= 0.3 is 15.0 Å². The SMILES string of the molecule is CCCCNP1(=[N+]=P2(NCCCC)N(c3cc(-c4ccccc4)cc(-c4ccccc4)c3)c3ccc4ccccc4c3-c3c(ccc4ccccc34)N2c2cc(-c3ccccc3)cc(-c3ccccc3)c2)N(c2cc(-c3ccccc3)cc(-c3ccccc3)c2)c2ccc3ccccc3c2-c2c(ccc3ccccc23)N1c1cc(-c2ccccc2)cc(-c2ccccc2)c1. The molecule has 0 spiro atoms. The zero-order valence-corrected chi connectivity index (χ0v) is 74.0. The van der Waals surface area contributed by atoms with Gasteiger partial charge in [-0.2, -0.15) is 10.2 Å². The van der Waals surface area contributed by atoms with Crippen molar-refractivity contribution in [2.24, 2.45) is 0 Å². The van der Waals surface area contributed by atoms with Crippen molar-refractivity contribution in [2.75, 3.05) is 31.8 Å². The summed E-state index contributed by atoms with van der Waals surface area (Å²) in [5, 5.41) is 19.0. The molecule has 2 heterocycles. The van der Waals surface area contributed by atoms with Gasteiger partial charge in [0.2, 0.25) is 0 Å². The van der Waals surface area contributed by atoms with Crippen molar-refractivity contribution in [1.82, 2.24) is 14.3 Å². The molecule has 129 heavy (non-hydrogen) atoms. The van der Waals surface area contributed by atoms with Crippen molar-refractivity contribution in [3.63, 3.8) is 0 Å². The molecule has 7 nitrogen and oxygen atoms in total. The van der Waals surface area contributed by atoms with E-state index in [1.165, 1.54) is 0 Å². The number of rotatable bonds is 20. The average Bonchev–Trinajstić information content (AvgIpc) is 1.56. The lowest BCUT2D eigenvalue weighted by molar-refractivity contribution is 0.762. The number of hydrogen-bond acceptors (Lipinski definition) is 0. The first kappa shape index (κ1) is 80.0. The highest BCUT2D eigenvalue weighted by molar-refractivity contribution is 7.75. The van der Waals surface area contributed by atoms with Crippen LogP contribution in [-0.2, 0) is 0 Å². The molecule has 2 aliphatic heterocycles. The van der Waals surface area contributed by atoms with Gasteiger partial charge in [0.15, 0.2) is 0 Å². The molecular formula is C120H96N7P2+. The van der Waals surface area contributed by atoms with Crippen molar-refractivity contribution in [2.45, 2.75) is 39.5 Å². The Labute approximate surface area is 756 Å². The molecule has 0 saturated heterocycles. The van der Waals surface area contributed by atoms with Gasteiger partial charge in [-0.3, -0.25) is 0 Å². The first-order valence-electron chi connectivity index (χ1n) is 45.2. The van der Waals surface area contributed by atoms with Crippen molar-refractivity contribution < 1.29 is 0 Å². The molecule has 0 atom stereocenters. The summed E-state index contributed by atoms with van der Waals surface area (Å²) in [6.07, 6.45) is 3.38. The minimum atomic E-state index is -4.37. The third-order valence-corrected chi connectivity index (χ3v) is 32.9. The minimum Gasteiger partial charge on any atom is -0.231 e. The number of fused-ring (bicyclic) bond motifs is 14. The van der Waals surface area contributed by atoms with Crippen LogP contribution in [0.25, 0.3) is 154 Å². The third-order valence-electron chi connectivity index (χ3n) is 25.6. The summed E-state index contributed by atoms with van der Waals surface area (Å²) in [7, 11) is -8.73. The molecule has 22 rings (SSSR count). The number of unbranched alkanes of at least 4 members (excludes halogenated alkanes) is 2. The van der Waals surface area contributed by atoms with E-state index in [1.54, 1.807) is 0 Å². The van der Waals surface area contributed by atoms with E-state index in [1.807, 2.05) is 0 Å². The van der Waals surface area contributed by atoms with Crippen LogP contribution in [0.1, 0.15) is 39.5 Å². The van der Waals surface area contributed by atoms with Gasteiger partial charge in [-0.1, -0.05) is 391 Å². The zero-order valence-electron chi connectivity index (χ0n) is 72.3. The van der Waals surface area contributed by atoms with E-state index in [2.05, 4.69) is 494 Å². The van der Waals surface area contributed by atoms with Gasteiger partial charge in [-0.15, -0.1) is 0 Å². The molecule has 20 aromatic rings. The molecule has 0 bridgehead atoms. The van der Waals surface area contributed by atoms with Crippen LogP contribution < -0.4 is 33.0 Å². The summed E-state index contributed by atoms with van der Waals surface area (Å²) < 4.78 is 19.4. The second kappa shape index (κ2) is 34.8. The Hall–Kier alpha value is -14.9. The number of anilines is 8. The fourth-order valence-electron chi connectivity index (χ4n) is 19.6. The lowest BCUT2D eigenvalue weighted by atomic mass is 9.90. The first-order valence-corrected chi connectivity index (χ1v) is 48.5. The summed E-state index contributed by atoms with van der Waals surface area (Å²) in [6, 6.07) is 174. The van der Waals surface area contributed by atoms with E-state index in [9.17, 15) is 0 Å². The van der Waals surface area contributed by atoms with Crippen LogP contribution in [0.3, 0.4) is 0 Å². The largest absolute Gasteiger partial charge is 0.490 e. The van der Waals surface area contributed by atoms with E-state index in [4.69, 9.17) is 14.3 Å². The van der Waals surface area contributed by atoms with Gasteiger partial charge in [0.25, 0.3) is 0 Å². The maximum absolute atomic E-state index is 8.19. The number of hydrogen-bond donors (Lipinski definition) is 2. The van der Waals surface area contributed by atoms with E-state index in [0.29, 0.717) is 13.1 Å². The summed E-state index contributed by atoms with van der Waals surface area (Å²) in [4.78, 5) is 0. The lowest BCUT2D eigenvalue weighted by Gasteiger charge is -2.40. The summed E-state index contributed by atoms with van der Waals surface area (Å²) in [5.41, 5.74) is 29.6. The summed E-state index contributed by atoms with van der Waals surface area (Å²) in [5.74, 6) is 0. The van der Waals surface area contributed by atoms with E-state index >= 15 is 0 Å². The highest BCUT2D eigenvalue weighted by Crippen LogP contribution is 2.74. The molecular weight excluding hydrogens is 1600 g/mol. The van der Waals surface area contributed by atoms with Gasteiger partial charge in [0, 0.05) is 35.3 Å². The third kappa shape index (κ3) is 14.8. The highest BCUT2D eigenvalue weighted by Gasteiger charge is 2.59. The van der Waals surface area contributed by atoms with E-state index < -0.39 is 15.0 Å². The monoisotopic (exact) mass is 1700 g/mol. The number of nitrogens with one attached hydrogen (secondary N) is 2. The van der Waals surface area contributed by atoms with Gasteiger partial charge in [-0.25, -0.2) is 18.7 Å². The van der Waals surface area contributed by atoms with E-state index in [0.717, 1.165) is 226 Å². The second-order valence-corrected chi connectivity index (χ2v) is 38.9.